The molecule has 3 aromatic carbocycles. The third-order valence-electron chi connectivity index (χ3n) is 7.33. The van der Waals surface area contributed by atoms with Gasteiger partial charge in [0.25, 0.3) is 0 Å². The zero-order valence-electron chi connectivity index (χ0n) is 19.6. The van der Waals surface area contributed by atoms with Crippen molar-refractivity contribution in [2.75, 3.05) is 19.6 Å². The molecule has 186 valence electrons. The molecule has 0 aromatic heterocycles. The van der Waals surface area contributed by atoms with E-state index in [2.05, 4.69) is 4.90 Å². The number of likely N-dealkylation sites (tertiary alicyclic amines) is 1. The molecule has 0 spiro atoms. The second-order valence-electron chi connectivity index (χ2n) is 9.61. The number of cyclic esters (lactones) is 1. The Kier molecular flexibility index (Phi) is 6.67. The quantitative estimate of drug-likeness (QED) is 0.336. The number of benzene rings is 3. The van der Waals surface area contributed by atoms with E-state index in [9.17, 15) is 22.8 Å². The maximum Gasteiger partial charge on any atom is 0.311 e. The second-order valence-corrected chi connectivity index (χ2v) is 9.61. The van der Waals surface area contributed by atoms with Gasteiger partial charge in [0.2, 0.25) is 0 Å². The monoisotopic (exact) mass is 493 g/mol. The molecule has 2 saturated heterocycles. The summed E-state index contributed by atoms with van der Waals surface area (Å²) in [6, 6.07) is 17.3. The molecule has 4 nitrogen and oxygen atoms in total. The molecule has 1 unspecified atom stereocenters. The number of ketones is 1. The Labute approximate surface area is 207 Å². The Bertz CT molecular complexity index is 1190. The van der Waals surface area contributed by atoms with Crippen molar-refractivity contribution in [2.24, 2.45) is 11.8 Å². The first kappa shape index (κ1) is 24.3. The maximum absolute atomic E-state index is 13.6. The average molecular weight is 494 g/mol. The topological polar surface area (TPSA) is 46.6 Å². The molecule has 0 amide bonds. The highest BCUT2D eigenvalue weighted by atomic mass is 19.1. The number of hydrogen-bond acceptors (Lipinski definition) is 4. The number of carbonyl (C=O) groups is 2. The largest absolute Gasteiger partial charge is 0.449 e. The number of piperidine rings is 1. The Morgan fingerprint density at radius 2 is 1.28 bits per heavy atom. The van der Waals surface area contributed by atoms with Gasteiger partial charge in [0.1, 0.15) is 17.5 Å². The third kappa shape index (κ3) is 4.80. The molecule has 0 aliphatic carbocycles. The normalized spacial score (nSPS) is 20.3. The first-order chi connectivity index (χ1) is 17.3. The van der Waals surface area contributed by atoms with Gasteiger partial charge in [0, 0.05) is 35.6 Å². The van der Waals surface area contributed by atoms with E-state index in [1.54, 1.807) is 24.3 Å². The van der Waals surface area contributed by atoms with Crippen molar-refractivity contribution in [1.29, 1.82) is 0 Å². The minimum absolute atomic E-state index is 0.0153. The fourth-order valence-electron chi connectivity index (χ4n) is 5.36. The molecule has 2 heterocycles. The summed E-state index contributed by atoms with van der Waals surface area (Å²) in [4.78, 5) is 28.0. The van der Waals surface area contributed by atoms with Crippen LogP contribution in [0.25, 0.3) is 0 Å². The van der Waals surface area contributed by atoms with E-state index in [1.165, 1.54) is 48.5 Å². The number of hydrogen-bond donors (Lipinski definition) is 0. The van der Waals surface area contributed by atoms with E-state index >= 15 is 0 Å². The highest BCUT2D eigenvalue weighted by Gasteiger charge is 2.49. The summed E-state index contributed by atoms with van der Waals surface area (Å²) < 4.78 is 46.4. The van der Waals surface area contributed by atoms with Crippen LogP contribution in [0.3, 0.4) is 0 Å². The van der Waals surface area contributed by atoms with E-state index in [4.69, 9.17) is 4.74 Å². The van der Waals surface area contributed by atoms with Crippen molar-refractivity contribution in [2.45, 2.75) is 24.9 Å². The minimum atomic E-state index is -1.12. The Balaban J connectivity index is 1.29. The van der Waals surface area contributed by atoms with Gasteiger partial charge in [-0.3, -0.25) is 9.59 Å². The molecular formula is C29H26F3NO3. The van der Waals surface area contributed by atoms with Crippen molar-refractivity contribution >= 4 is 11.8 Å². The fraction of sp³-hybridized carbons (Fsp3) is 0.310. The highest BCUT2D eigenvalue weighted by Crippen LogP contribution is 2.45. The summed E-state index contributed by atoms with van der Waals surface area (Å²) in [5, 5.41) is 0. The molecule has 0 bridgehead atoms. The van der Waals surface area contributed by atoms with Gasteiger partial charge in [-0.15, -0.1) is 0 Å². The van der Waals surface area contributed by atoms with Gasteiger partial charge in [-0.25, -0.2) is 13.2 Å². The molecule has 0 radical (unpaired) electrons. The number of esters is 1. The lowest BCUT2D eigenvalue weighted by atomic mass is 9.81. The smallest absolute Gasteiger partial charge is 0.311 e. The van der Waals surface area contributed by atoms with Gasteiger partial charge in [-0.2, -0.15) is 0 Å². The van der Waals surface area contributed by atoms with E-state index in [1.807, 2.05) is 0 Å². The fourth-order valence-corrected chi connectivity index (χ4v) is 5.36. The van der Waals surface area contributed by atoms with Crippen LogP contribution in [0.4, 0.5) is 13.2 Å². The van der Waals surface area contributed by atoms with Crippen molar-refractivity contribution in [3.63, 3.8) is 0 Å². The standard InChI is InChI=1S/C29H26F3NO3/c30-24-7-1-19(2-8-24)27(34)20-13-15-33(16-14-20)18-21-17-29(36-28(21)35,22-3-9-25(31)10-4-22)23-5-11-26(32)12-6-23/h1-12,20-21H,13-18H2. The number of nitrogens with zero attached hydrogens (tertiary/aromatic N) is 1. The summed E-state index contributed by atoms with van der Waals surface area (Å²) in [5.74, 6) is -2.07. The number of halogens is 3. The lowest BCUT2D eigenvalue weighted by molar-refractivity contribution is -0.149. The summed E-state index contributed by atoms with van der Waals surface area (Å²) >= 11 is 0. The van der Waals surface area contributed by atoms with Crippen molar-refractivity contribution in [3.05, 3.63) is 107 Å². The lowest BCUT2D eigenvalue weighted by Crippen LogP contribution is -2.40. The minimum Gasteiger partial charge on any atom is -0.449 e. The van der Waals surface area contributed by atoms with Crippen LogP contribution in [0.1, 0.15) is 40.7 Å². The number of ether oxygens (including phenoxy) is 1. The van der Waals surface area contributed by atoms with Crippen molar-refractivity contribution in [1.82, 2.24) is 4.90 Å². The molecule has 0 N–H and O–H groups in total. The van der Waals surface area contributed by atoms with E-state index in [0.29, 0.717) is 55.6 Å². The average Bonchev–Trinajstić information content (AvgIpc) is 3.22. The number of carbonyl (C=O) groups excluding carboxylic acids is 2. The van der Waals surface area contributed by atoms with Gasteiger partial charge in [0.05, 0.1) is 5.92 Å². The second kappa shape index (κ2) is 9.90. The number of Topliss-reactive ketones (excluding diaryl/α,β-unsaturated/α-hetero) is 1. The summed E-state index contributed by atoms with van der Waals surface area (Å²) in [5.41, 5.74) is 0.655. The molecule has 2 aliphatic rings. The summed E-state index contributed by atoms with van der Waals surface area (Å²) in [6.45, 7) is 1.78. The molecule has 5 rings (SSSR count). The Morgan fingerprint density at radius 1 is 0.806 bits per heavy atom. The molecule has 3 aromatic rings. The van der Waals surface area contributed by atoms with Gasteiger partial charge in [-0.05, 0) is 74.5 Å². The first-order valence-electron chi connectivity index (χ1n) is 12.1. The van der Waals surface area contributed by atoms with Crippen LogP contribution in [0.2, 0.25) is 0 Å². The first-order valence-corrected chi connectivity index (χ1v) is 12.1. The molecule has 2 aliphatic heterocycles. The molecule has 0 saturated carbocycles. The molecule has 2 fully saturated rings. The predicted molar refractivity (Wildman–Crippen MR) is 128 cm³/mol. The third-order valence-corrected chi connectivity index (χ3v) is 7.33. The van der Waals surface area contributed by atoms with Crippen molar-refractivity contribution < 1.29 is 27.5 Å². The molecule has 7 heteroatoms. The Morgan fingerprint density at radius 3 is 1.78 bits per heavy atom. The van der Waals surface area contributed by atoms with Gasteiger partial charge < -0.3 is 9.64 Å². The van der Waals surface area contributed by atoms with E-state index < -0.39 is 23.2 Å². The summed E-state index contributed by atoms with van der Waals surface area (Å²) in [7, 11) is 0. The van der Waals surface area contributed by atoms with Crippen LogP contribution in [0.15, 0.2) is 72.8 Å². The Hall–Kier alpha value is -3.45. The van der Waals surface area contributed by atoms with Gasteiger partial charge >= 0.3 is 5.97 Å². The maximum atomic E-state index is 13.6. The van der Waals surface area contributed by atoms with Crippen molar-refractivity contribution in [3.8, 4) is 0 Å². The van der Waals surface area contributed by atoms with Crippen LogP contribution in [-0.4, -0.2) is 36.3 Å². The molecular weight excluding hydrogens is 467 g/mol. The highest BCUT2D eigenvalue weighted by molar-refractivity contribution is 5.97. The van der Waals surface area contributed by atoms with Crippen LogP contribution < -0.4 is 0 Å². The zero-order chi connectivity index (χ0) is 25.3. The van der Waals surface area contributed by atoms with Crippen LogP contribution in [0, 0.1) is 29.3 Å². The van der Waals surface area contributed by atoms with Crippen LogP contribution >= 0.6 is 0 Å². The SMILES string of the molecule is O=C1OC(c2ccc(F)cc2)(c2ccc(F)cc2)CC1CN1CCC(C(=O)c2ccc(F)cc2)CC1. The summed E-state index contributed by atoms with van der Waals surface area (Å²) in [6.07, 6.45) is 1.65. The molecule has 1 atom stereocenters. The lowest BCUT2D eigenvalue weighted by Gasteiger charge is -2.32. The van der Waals surface area contributed by atoms with E-state index in [-0.39, 0.29) is 23.5 Å². The molecule has 36 heavy (non-hydrogen) atoms. The zero-order valence-corrected chi connectivity index (χ0v) is 19.6. The van der Waals surface area contributed by atoms with E-state index in [0.717, 1.165) is 0 Å². The van der Waals surface area contributed by atoms with Crippen LogP contribution in [-0.2, 0) is 15.1 Å². The number of rotatable bonds is 6. The van der Waals surface area contributed by atoms with Gasteiger partial charge in [0.15, 0.2) is 11.4 Å². The van der Waals surface area contributed by atoms with Gasteiger partial charge in [-0.1, -0.05) is 24.3 Å². The predicted octanol–water partition coefficient (Wildman–Crippen LogP) is 5.51. The van der Waals surface area contributed by atoms with Crippen LogP contribution in [0.5, 0.6) is 0 Å².